The van der Waals surface area contributed by atoms with Gasteiger partial charge in [-0.25, -0.2) is 21.9 Å². The number of hydrogen-bond donors (Lipinski definition) is 2. The molecule has 4 rings (SSSR count). The van der Waals surface area contributed by atoms with E-state index in [0.29, 0.717) is 24.0 Å². The second-order valence-corrected chi connectivity index (χ2v) is 9.93. The van der Waals surface area contributed by atoms with Crippen molar-refractivity contribution in [2.75, 3.05) is 5.32 Å². The van der Waals surface area contributed by atoms with Gasteiger partial charge in [0.1, 0.15) is 11.1 Å². The van der Waals surface area contributed by atoms with E-state index in [1.54, 1.807) is 12.1 Å². The molecular formula is C21H21ClFN3O4S. The highest BCUT2D eigenvalue weighted by molar-refractivity contribution is 7.90. The average molecular weight is 466 g/mol. The molecule has 1 aliphatic carbocycles. The molecule has 2 aliphatic rings. The van der Waals surface area contributed by atoms with Crippen LogP contribution in [0.25, 0.3) is 0 Å². The molecule has 2 atom stereocenters. The number of rotatable bonds is 4. The van der Waals surface area contributed by atoms with Gasteiger partial charge in [0.15, 0.2) is 0 Å². The fourth-order valence-corrected chi connectivity index (χ4v) is 5.53. The van der Waals surface area contributed by atoms with Crippen molar-refractivity contribution in [2.45, 2.75) is 49.3 Å². The van der Waals surface area contributed by atoms with Gasteiger partial charge in [-0.3, -0.25) is 4.79 Å². The molecule has 31 heavy (non-hydrogen) atoms. The number of benzene rings is 2. The number of alkyl halides is 1. The molecule has 10 heteroatoms. The van der Waals surface area contributed by atoms with Gasteiger partial charge in [0.05, 0.1) is 18.3 Å². The second kappa shape index (κ2) is 8.47. The van der Waals surface area contributed by atoms with Gasteiger partial charge in [-0.2, -0.15) is 0 Å². The second-order valence-electron chi connectivity index (χ2n) is 7.66. The van der Waals surface area contributed by atoms with Gasteiger partial charge in [-0.1, -0.05) is 36.6 Å². The SMILES string of the molecule is O=C(NC1CCCCC1F)c1ccc(CN2C(=O)Nc3ccc(Cl)cc3S2(=O)=O)cc1. The molecular weight excluding hydrogens is 445 g/mol. The van der Waals surface area contributed by atoms with Crippen molar-refractivity contribution in [1.82, 2.24) is 9.62 Å². The van der Waals surface area contributed by atoms with E-state index >= 15 is 0 Å². The topological polar surface area (TPSA) is 95.6 Å². The van der Waals surface area contributed by atoms with Gasteiger partial charge in [0, 0.05) is 10.6 Å². The van der Waals surface area contributed by atoms with Gasteiger partial charge in [0.25, 0.3) is 15.9 Å². The monoisotopic (exact) mass is 465 g/mol. The van der Waals surface area contributed by atoms with E-state index in [0.717, 1.165) is 17.1 Å². The zero-order chi connectivity index (χ0) is 22.2. The molecule has 7 nitrogen and oxygen atoms in total. The van der Waals surface area contributed by atoms with Crippen molar-refractivity contribution in [3.63, 3.8) is 0 Å². The van der Waals surface area contributed by atoms with Crippen LogP contribution in [0.4, 0.5) is 14.9 Å². The van der Waals surface area contributed by atoms with Crippen molar-refractivity contribution in [1.29, 1.82) is 0 Å². The van der Waals surface area contributed by atoms with Gasteiger partial charge < -0.3 is 10.6 Å². The largest absolute Gasteiger partial charge is 0.346 e. The zero-order valence-electron chi connectivity index (χ0n) is 16.5. The number of sulfonamides is 1. The Bertz CT molecular complexity index is 1120. The number of anilines is 1. The molecule has 3 amide bonds. The van der Waals surface area contributed by atoms with E-state index in [-0.39, 0.29) is 28.1 Å². The fourth-order valence-electron chi connectivity index (χ4n) is 3.80. The lowest BCUT2D eigenvalue weighted by Crippen LogP contribution is -2.43. The first kappa shape index (κ1) is 21.6. The third-order valence-corrected chi connectivity index (χ3v) is 7.52. The average Bonchev–Trinajstić information content (AvgIpc) is 2.74. The molecule has 0 radical (unpaired) electrons. The van der Waals surface area contributed by atoms with E-state index in [1.807, 2.05) is 0 Å². The minimum Gasteiger partial charge on any atom is -0.346 e. The minimum atomic E-state index is -4.09. The minimum absolute atomic E-state index is 0.0798. The van der Waals surface area contributed by atoms with Crippen LogP contribution in [-0.4, -0.2) is 36.9 Å². The summed E-state index contributed by atoms with van der Waals surface area (Å²) in [5.41, 5.74) is 1.03. The highest BCUT2D eigenvalue weighted by Gasteiger charge is 2.36. The molecule has 0 bridgehead atoms. The first-order chi connectivity index (χ1) is 14.8. The van der Waals surface area contributed by atoms with Crippen molar-refractivity contribution >= 4 is 39.2 Å². The Balaban J connectivity index is 1.48. The Labute approximate surface area is 184 Å². The molecule has 1 saturated carbocycles. The maximum atomic E-state index is 14.0. The molecule has 2 unspecified atom stereocenters. The molecule has 1 aliphatic heterocycles. The first-order valence-corrected chi connectivity index (χ1v) is 11.7. The number of carbonyl (C=O) groups excluding carboxylic acids is 2. The van der Waals surface area contributed by atoms with Crippen molar-refractivity contribution in [2.24, 2.45) is 0 Å². The van der Waals surface area contributed by atoms with Crippen LogP contribution in [-0.2, 0) is 16.6 Å². The molecule has 2 aromatic carbocycles. The van der Waals surface area contributed by atoms with E-state index in [4.69, 9.17) is 11.6 Å². The molecule has 2 N–H and O–H groups in total. The van der Waals surface area contributed by atoms with E-state index in [9.17, 15) is 22.4 Å². The van der Waals surface area contributed by atoms with Gasteiger partial charge in [0.2, 0.25) is 0 Å². The van der Waals surface area contributed by atoms with Crippen molar-refractivity contribution in [3.05, 3.63) is 58.6 Å². The van der Waals surface area contributed by atoms with Crippen molar-refractivity contribution in [3.8, 4) is 0 Å². The highest BCUT2D eigenvalue weighted by atomic mass is 35.5. The summed E-state index contributed by atoms with van der Waals surface area (Å²) in [4.78, 5) is 24.7. The van der Waals surface area contributed by atoms with Crippen LogP contribution in [0.1, 0.15) is 41.6 Å². The van der Waals surface area contributed by atoms with Crippen LogP contribution in [0.5, 0.6) is 0 Å². The third-order valence-electron chi connectivity index (χ3n) is 5.52. The lowest BCUT2D eigenvalue weighted by atomic mass is 9.93. The highest BCUT2D eigenvalue weighted by Crippen LogP contribution is 2.33. The molecule has 0 saturated heterocycles. The van der Waals surface area contributed by atoms with Gasteiger partial charge in [-0.05, 0) is 48.7 Å². The molecule has 0 spiro atoms. The predicted octanol–water partition coefficient (Wildman–Crippen LogP) is 4.09. The lowest BCUT2D eigenvalue weighted by molar-refractivity contribution is 0.0884. The molecule has 1 heterocycles. The van der Waals surface area contributed by atoms with Crippen LogP contribution < -0.4 is 10.6 Å². The maximum absolute atomic E-state index is 14.0. The zero-order valence-corrected chi connectivity index (χ0v) is 18.0. The Hall–Kier alpha value is -2.65. The summed E-state index contributed by atoms with van der Waals surface area (Å²) in [7, 11) is -4.09. The van der Waals surface area contributed by atoms with Crippen LogP contribution in [0, 0.1) is 0 Å². The third kappa shape index (κ3) is 4.38. The maximum Gasteiger partial charge on any atom is 0.336 e. The van der Waals surface area contributed by atoms with Crippen LogP contribution in [0.15, 0.2) is 47.4 Å². The van der Waals surface area contributed by atoms with Crippen LogP contribution >= 0.6 is 11.6 Å². The van der Waals surface area contributed by atoms with E-state index in [2.05, 4.69) is 10.6 Å². The summed E-state index contributed by atoms with van der Waals surface area (Å²) in [5.74, 6) is -0.381. The summed E-state index contributed by atoms with van der Waals surface area (Å²) in [6.45, 7) is -0.211. The fraction of sp³-hybridized carbons (Fsp3) is 0.333. The summed E-state index contributed by atoms with van der Waals surface area (Å²) in [5, 5.41) is 5.51. The van der Waals surface area contributed by atoms with Crippen LogP contribution in [0.3, 0.4) is 0 Å². The predicted molar refractivity (Wildman–Crippen MR) is 114 cm³/mol. The van der Waals surface area contributed by atoms with E-state index < -0.39 is 28.3 Å². The number of halogens is 2. The number of amides is 3. The van der Waals surface area contributed by atoms with Crippen LogP contribution in [0.2, 0.25) is 5.02 Å². The normalized spacial score (nSPS) is 22.4. The number of urea groups is 1. The molecule has 0 aromatic heterocycles. The van der Waals surface area contributed by atoms with E-state index in [1.165, 1.54) is 30.3 Å². The Morgan fingerprint density at radius 1 is 1.16 bits per heavy atom. The first-order valence-electron chi connectivity index (χ1n) is 9.93. The Kier molecular flexibility index (Phi) is 5.90. The lowest BCUT2D eigenvalue weighted by Gasteiger charge is -2.29. The molecule has 1 fully saturated rings. The quantitative estimate of drug-likeness (QED) is 0.711. The molecule has 2 aromatic rings. The number of carbonyl (C=O) groups is 2. The number of nitrogens with zero attached hydrogens (tertiary/aromatic N) is 1. The summed E-state index contributed by atoms with van der Waals surface area (Å²) in [6.07, 6.45) is 1.72. The number of nitrogens with one attached hydrogen (secondary N) is 2. The number of hydrogen-bond acceptors (Lipinski definition) is 4. The Morgan fingerprint density at radius 3 is 2.58 bits per heavy atom. The van der Waals surface area contributed by atoms with Crippen molar-refractivity contribution < 1.29 is 22.4 Å². The Morgan fingerprint density at radius 2 is 1.87 bits per heavy atom. The summed E-state index contributed by atoms with van der Waals surface area (Å²) >= 11 is 5.92. The smallest absolute Gasteiger partial charge is 0.336 e. The summed E-state index contributed by atoms with van der Waals surface area (Å²) in [6, 6.07) is 9.14. The summed E-state index contributed by atoms with van der Waals surface area (Å²) < 4.78 is 40.5. The molecule has 164 valence electrons. The van der Waals surface area contributed by atoms with Gasteiger partial charge >= 0.3 is 6.03 Å². The standard InChI is InChI=1S/C21H21ClFN3O4S/c22-15-9-10-18-19(11-15)31(29,30)26(21(28)25-18)12-13-5-7-14(8-6-13)20(27)24-17-4-2-1-3-16(17)23/h5-11,16-17H,1-4,12H2,(H,24,27)(H,25,28). The number of fused-ring (bicyclic) bond motifs is 1. The van der Waals surface area contributed by atoms with Gasteiger partial charge in [-0.15, -0.1) is 0 Å².